The lowest BCUT2D eigenvalue weighted by atomic mass is 9.95. The van der Waals surface area contributed by atoms with E-state index in [0.717, 1.165) is 16.5 Å². The van der Waals surface area contributed by atoms with Crippen LogP contribution in [0.15, 0.2) is 77.3 Å². The summed E-state index contributed by atoms with van der Waals surface area (Å²) in [5.74, 6) is -1.15. The molecule has 1 N–H and O–H groups in total. The third kappa shape index (κ3) is 5.07. The fourth-order valence-electron chi connectivity index (χ4n) is 4.05. The number of ether oxygens (including phenoxy) is 1. The molecular weight excluding hydrogens is 498 g/mol. The van der Waals surface area contributed by atoms with Gasteiger partial charge in [0, 0.05) is 23.0 Å². The third-order valence-corrected chi connectivity index (χ3v) is 6.25. The highest BCUT2D eigenvalue weighted by Crippen LogP contribution is 2.39. The van der Waals surface area contributed by atoms with Crippen LogP contribution in [0.4, 0.5) is 0 Å². The molecule has 1 aliphatic heterocycles. The van der Waals surface area contributed by atoms with Gasteiger partial charge in [0.05, 0.1) is 19.2 Å². The van der Waals surface area contributed by atoms with Crippen LogP contribution in [0.2, 0.25) is 0 Å². The zero-order valence-corrected chi connectivity index (χ0v) is 20.5. The number of aromatic amines is 1. The van der Waals surface area contributed by atoms with Gasteiger partial charge in [-0.15, -0.1) is 0 Å². The van der Waals surface area contributed by atoms with Gasteiger partial charge in [0.15, 0.2) is 0 Å². The third-order valence-electron chi connectivity index (χ3n) is 5.72. The van der Waals surface area contributed by atoms with Gasteiger partial charge in [-0.1, -0.05) is 52.9 Å². The first-order valence-corrected chi connectivity index (χ1v) is 12.1. The number of ketones is 1. The molecule has 0 bridgehead atoms. The molecule has 4 rings (SSSR count). The van der Waals surface area contributed by atoms with E-state index in [1.807, 2.05) is 54.5 Å². The summed E-state index contributed by atoms with van der Waals surface area (Å²) in [6.45, 7) is 3.63. The van der Waals surface area contributed by atoms with Crippen LogP contribution in [0.25, 0.3) is 5.76 Å². The number of benzene rings is 2. The second-order valence-electron chi connectivity index (χ2n) is 8.10. The largest absolute Gasteiger partial charge is 0.872 e. The molecule has 0 spiro atoms. The fraction of sp³-hybridized carbons (Fsp3) is 0.269. The van der Waals surface area contributed by atoms with Gasteiger partial charge in [0.2, 0.25) is 12.1 Å². The number of halogens is 1. The molecule has 0 aliphatic carbocycles. The lowest BCUT2D eigenvalue weighted by Crippen LogP contribution is -2.36. The first kappa shape index (κ1) is 23.8. The summed E-state index contributed by atoms with van der Waals surface area (Å²) >= 11 is 3.42. The first-order valence-electron chi connectivity index (χ1n) is 11.3. The molecule has 1 fully saturated rings. The molecular formula is C26H26BrN3O4. The molecule has 1 saturated heterocycles. The molecule has 0 saturated carbocycles. The van der Waals surface area contributed by atoms with Gasteiger partial charge in [-0.2, -0.15) is 0 Å². The van der Waals surface area contributed by atoms with Crippen molar-refractivity contribution >= 4 is 33.4 Å². The Balaban J connectivity index is 1.67. The Morgan fingerprint density at radius 2 is 1.88 bits per heavy atom. The smallest absolute Gasteiger partial charge is 0.295 e. The second-order valence-corrected chi connectivity index (χ2v) is 9.02. The minimum Gasteiger partial charge on any atom is -0.872 e. The van der Waals surface area contributed by atoms with Gasteiger partial charge in [-0.05, 0) is 41.8 Å². The van der Waals surface area contributed by atoms with E-state index >= 15 is 0 Å². The standard InChI is InChI=1S/C26H26BrN3O4/c1-2-16-34-21-10-6-19(7-11-21)24(31)22-23(18-4-8-20(27)9-5-18)30(26(33)25(22)32)14-3-13-29-15-12-28-17-29/h4-12,15,17,23H,2-3,13-14,16H2,1H3,(H,31,32). The number of likely N-dealkylation sites (tertiary alicyclic amines) is 1. The number of H-pyrrole nitrogens is 1. The highest BCUT2D eigenvalue weighted by Gasteiger charge is 2.43. The van der Waals surface area contributed by atoms with Crippen molar-refractivity contribution in [3.8, 4) is 5.75 Å². The van der Waals surface area contributed by atoms with Crippen molar-refractivity contribution in [1.29, 1.82) is 0 Å². The van der Waals surface area contributed by atoms with E-state index in [4.69, 9.17) is 4.74 Å². The Hall–Kier alpha value is -3.39. The number of aryl methyl sites for hydroxylation is 1. The molecule has 176 valence electrons. The van der Waals surface area contributed by atoms with Crippen molar-refractivity contribution in [2.75, 3.05) is 13.2 Å². The van der Waals surface area contributed by atoms with E-state index in [2.05, 4.69) is 20.9 Å². The summed E-state index contributed by atoms with van der Waals surface area (Å²) in [5.41, 5.74) is 1.07. The maximum Gasteiger partial charge on any atom is 0.295 e. The summed E-state index contributed by atoms with van der Waals surface area (Å²) in [6.07, 6.45) is 7.07. The topological polar surface area (TPSA) is 89.3 Å². The lowest BCUT2D eigenvalue weighted by molar-refractivity contribution is -0.695. The Morgan fingerprint density at radius 1 is 1.15 bits per heavy atom. The van der Waals surface area contributed by atoms with Crippen LogP contribution in [-0.2, 0) is 16.1 Å². The number of rotatable bonds is 9. The summed E-state index contributed by atoms with van der Waals surface area (Å²) in [7, 11) is 0. The molecule has 1 aromatic heterocycles. The van der Waals surface area contributed by atoms with Crippen LogP contribution < -0.4 is 14.4 Å². The van der Waals surface area contributed by atoms with Crippen molar-refractivity contribution in [3.63, 3.8) is 0 Å². The van der Waals surface area contributed by atoms with Crippen LogP contribution in [0.1, 0.15) is 36.9 Å². The molecule has 34 heavy (non-hydrogen) atoms. The molecule has 1 atom stereocenters. The number of carbonyl (C=O) groups is 2. The average molecular weight is 524 g/mol. The van der Waals surface area contributed by atoms with Gasteiger partial charge in [-0.3, -0.25) is 14.6 Å². The van der Waals surface area contributed by atoms with E-state index in [0.29, 0.717) is 37.4 Å². The zero-order valence-electron chi connectivity index (χ0n) is 18.9. The number of hydrogen-bond donors (Lipinski definition) is 1. The maximum absolute atomic E-state index is 13.5. The normalized spacial score (nSPS) is 17.4. The highest BCUT2D eigenvalue weighted by atomic mass is 79.9. The Bertz CT molecular complexity index is 1170. The number of nitrogens with zero attached hydrogens (tertiary/aromatic N) is 2. The minimum atomic E-state index is -0.737. The Kier molecular flexibility index (Phi) is 7.47. The summed E-state index contributed by atoms with van der Waals surface area (Å²) in [4.78, 5) is 30.6. The predicted molar refractivity (Wildman–Crippen MR) is 128 cm³/mol. The summed E-state index contributed by atoms with van der Waals surface area (Å²) in [6, 6.07) is 13.3. The molecule has 3 aromatic rings. The van der Waals surface area contributed by atoms with Crippen LogP contribution in [-0.4, -0.2) is 34.7 Å². The number of nitrogens with one attached hydrogen (secondary N) is 1. The molecule has 1 amide bonds. The molecule has 8 heteroatoms. The monoisotopic (exact) mass is 523 g/mol. The molecule has 1 unspecified atom stereocenters. The summed E-state index contributed by atoms with van der Waals surface area (Å²) < 4.78 is 8.43. The van der Waals surface area contributed by atoms with Crippen molar-refractivity contribution in [2.45, 2.75) is 32.4 Å². The fourth-order valence-corrected chi connectivity index (χ4v) is 4.32. The quantitative estimate of drug-likeness (QED) is 0.202. The van der Waals surface area contributed by atoms with Gasteiger partial charge in [0.25, 0.3) is 5.91 Å². The highest BCUT2D eigenvalue weighted by molar-refractivity contribution is 9.10. The predicted octanol–water partition coefficient (Wildman–Crippen LogP) is 3.17. The van der Waals surface area contributed by atoms with Crippen molar-refractivity contribution < 1.29 is 24.0 Å². The van der Waals surface area contributed by atoms with Gasteiger partial charge in [-0.25, -0.2) is 4.57 Å². The average Bonchev–Trinajstić information content (AvgIpc) is 3.45. The van der Waals surface area contributed by atoms with Gasteiger partial charge < -0.3 is 14.7 Å². The number of aromatic nitrogens is 2. The SMILES string of the molecule is CCCOc1ccc(/C([O-])=C2\C(=O)C(=O)N(CCC[n+]3cc[nH]c3)C2c2ccc(Br)cc2)cc1. The number of imidazole rings is 1. The van der Waals surface area contributed by atoms with Gasteiger partial charge >= 0.3 is 0 Å². The van der Waals surface area contributed by atoms with E-state index < -0.39 is 23.5 Å². The van der Waals surface area contributed by atoms with Crippen LogP contribution >= 0.6 is 15.9 Å². The second kappa shape index (κ2) is 10.7. The minimum absolute atomic E-state index is 0.0103. The van der Waals surface area contributed by atoms with Crippen molar-refractivity contribution in [3.05, 3.63) is 88.4 Å². The van der Waals surface area contributed by atoms with Gasteiger partial charge in [0.1, 0.15) is 18.1 Å². The van der Waals surface area contributed by atoms with Crippen LogP contribution in [0.3, 0.4) is 0 Å². The van der Waals surface area contributed by atoms with Crippen molar-refractivity contribution in [2.24, 2.45) is 0 Å². The van der Waals surface area contributed by atoms with Crippen LogP contribution in [0, 0.1) is 0 Å². The molecule has 1 aliphatic rings. The van der Waals surface area contributed by atoms with E-state index in [-0.39, 0.29) is 5.57 Å². The number of hydrogen-bond acceptors (Lipinski definition) is 4. The van der Waals surface area contributed by atoms with Crippen molar-refractivity contribution in [1.82, 2.24) is 9.88 Å². The number of amides is 1. The van der Waals surface area contributed by atoms with Crippen LogP contribution in [0.5, 0.6) is 5.75 Å². The molecule has 0 radical (unpaired) electrons. The molecule has 2 heterocycles. The Labute approximate surface area is 206 Å². The number of Topliss-reactive ketones (excluding diaryl/α,β-unsaturated/α-hetero) is 1. The summed E-state index contributed by atoms with van der Waals surface area (Å²) in [5, 5.41) is 13.5. The maximum atomic E-state index is 13.5. The zero-order chi connectivity index (χ0) is 24.1. The Morgan fingerprint density at radius 3 is 2.53 bits per heavy atom. The van der Waals surface area contributed by atoms with E-state index in [9.17, 15) is 14.7 Å². The first-order chi connectivity index (χ1) is 16.5. The molecule has 7 nitrogen and oxygen atoms in total. The lowest BCUT2D eigenvalue weighted by Gasteiger charge is -2.27. The van der Waals surface area contributed by atoms with E-state index in [1.165, 1.54) is 4.90 Å². The number of carbonyl (C=O) groups excluding carboxylic acids is 2. The molecule has 2 aromatic carbocycles. The van der Waals surface area contributed by atoms with E-state index in [1.54, 1.807) is 24.3 Å².